The van der Waals surface area contributed by atoms with E-state index in [2.05, 4.69) is 4.90 Å². The molecule has 0 radical (unpaired) electrons. The quantitative estimate of drug-likeness (QED) is 0.547. The van der Waals surface area contributed by atoms with Crippen LogP contribution in [0, 0.1) is 5.82 Å². The lowest BCUT2D eigenvalue weighted by molar-refractivity contribution is 0.00252. The van der Waals surface area contributed by atoms with Gasteiger partial charge in [-0.1, -0.05) is 18.2 Å². The highest BCUT2D eigenvalue weighted by Crippen LogP contribution is 2.33. The number of ether oxygens (including phenoxy) is 3. The number of nitrogens with zero attached hydrogens (tertiary/aromatic N) is 1. The molecular weight excluding hydrogens is 389 g/mol. The Morgan fingerprint density at radius 2 is 1.77 bits per heavy atom. The molecule has 7 heteroatoms. The highest BCUT2D eigenvalue weighted by molar-refractivity contribution is 5.44. The summed E-state index contributed by atoms with van der Waals surface area (Å²) in [6.07, 6.45) is 0.902. The van der Waals surface area contributed by atoms with Gasteiger partial charge in [0.2, 0.25) is 6.79 Å². The van der Waals surface area contributed by atoms with E-state index in [-0.39, 0.29) is 19.2 Å². The van der Waals surface area contributed by atoms with Gasteiger partial charge in [-0.15, -0.1) is 0 Å². The number of hydrogen-bond donors (Lipinski definition) is 1. The lowest BCUT2D eigenvalue weighted by Crippen LogP contribution is -2.34. The van der Waals surface area contributed by atoms with E-state index in [0.717, 1.165) is 22.6 Å². The van der Waals surface area contributed by atoms with Gasteiger partial charge in [0.05, 0.1) is 19.0 Å². The number of aliphatic hydroxyl groups excluding tert-OH is 1. The number of hydrogen-bond acceptors (Lipinski definition) is 6. The van der Waals surface area contributed by atoms with Crippen molar-refractivity contribution in [3.05, 3.63) is 83.6 Å². The van der Waals surface area contributed by atoms with Crippen LogP contribution in [0.4, 0.5) is 4.39 Å². The Bertz CT molecular complexity index is 929. The molecule has 3 aromatic rings. The van der Waals surface area contributed by atoms with Gasteiger partial charge in [-0.05, 0) is 47.5 Å². The maximum atomic E-state index is 13.3. The summed E-state index contributed by atoms with van der Waals surface area (Å²) in [5.74, 6) is 1.89. The van der Waals surface area contributed by atoms with Crippen LogP contribution in [0.3, 0.4) is 0 Å². The van der Waals surface area contributed by atoms with Crippen molar-refractivity contribution in [2.75, 3.05) is 19.9 Å². The summed E-state index contributed by atoms with van der Waals surface area (Å²) in [5.41, 5.74) is 1.99. The number of aliphatic hydroxyl groups is 1. The van der Waals surface area contributed by atoms with Gasteiger partial charge < -0.3 is 23.7 Å². The number of furan rings is 1. The molecule has 2 aromatic carbocycles. The Balaban J connectivity index is 1.38. The fourth-order valence-corrected chi connectivity index (χ4v) is 3.37. The molecule has 158 valence electrons. The number of halogens is 1. The summed E-state index contributed by atoms with van der Waals surface area (Å²) < 4.78 is 34.9. The third-order valence-corrected chi connectivity index (χ3v) is 4.77. The van der Waals surface area contributed by atoms with Crippen molar-refractivity contribution in [1.82, 2.24) is 4.90 Å². The third-order valence-electron chi connectivity index (χ3n) is 4.77. The van der Waals surface area contributed by atoms with Crippen molar-refractivity contribution < 1.29 is 28.1 Å². The Morgan fingerprint density at radius 3 is 2.57 bits per heavy atom. The van der Waals surface area contributed by atoms with Gasteiger partial charge in [-0.3, -0.25) is 4.90 Å². The van der Waals surface area contributed by atoms with E-state index in [4.69, 9.17) is 18.6 Å². The molecule has 0 aliphatic carbocycles. The molecule has 0 saturated carbocycles. The average Bonchev–Trinajstić information content (AvgIpc) is 3.41. The first-order chi connectivity index (χ1) is 14.7. The first kappa shape index (κ1) is 20.4. The smallest absolute Gasteiger partial charge is 0.231 e. The van der Waals surface area contributed by atoms with Gasteiger partial charge in [-0.2, -0.15) is 0 Å². The minimum absolute atomic E-state index is 0.182. The van der Waals surface area contributed by atoms with Crippen LogP contribution in [0.15, 0.2) is 65.3 Å². The molecule has 1 aliphatic rings. The molecular formula is C23H24FNO5. The predicted molar refractivity (Wildman–Crippen MR) is 107 cm³/mol. The van der Waals surface area contributed by atoms with Crippen LogP contribution in [0.1, 0.15) is 16.9 Å². The standard InChI is InChI=1S/C23H24FNO5/c24-19-6-3-17(4-7-19)11-25(12-18-5-8-22-23(10-18)30-16-29-22)13-20(26)14-27-15-21-2-1-9-28-21/h1-10,20,26H,11-16H2/t20-/m1/s1. The van der Waals surface area contributed by atoms with E-state index in [1.165, 1.54) is 12.1 Å². The second-order valence-corrected chi connectivity index (χ2v) is 7.23. The first-order valence-corrected chi connectivity index (χ1v) is 9.79. The first-order valence-electron chi connectivity index (χ1n) is 9.79. The van der Waals surface area contributed by atoms with Crippen LogP contribution in [-0.4, -0.2) is 36.1 Å². The molecule has 0 spiro atoms. The second kappa shape index (κ2) is 9.75. The molecule has 0 unspecified atom stereocenters. The van der Waals surface area contributed by atoms with E-state index in [1.807, 2.05) is 24.3 Å². The van der Waals surface area contributed by atoms with E-state index in [0.29, 0.717) is 32.0 Å². The summed E-state index contributed by atoms with van der Waals surface area (Å²) in [6.45, 7) is 2.26. The fraction of sp³-hybridized carbons (Fsp3) is 0.304. The average molecular weight is 413 g/mol. The summed E-state index contributed by atoms with van der Waals surface area (Å²) in [6, 6.07) is 15.8. The molecule has 0 bridgehead atoms. The molecule has 30 heavy (non-hydrogen) atoms. The minimum atomic E-state index is -0.686. The highest BCUT2D eigenvalue weighted by atomic mass is 19.1. The number of benzene rings is 2. The van der Waals surface area contributed by atoms with E-state index >= 15 is 0 Å². The van der Waals surface area contributed by atoms with Crippen molar-refractivity contribution in [3.63, 3.8) is 0 Å². The van der Waals surface area contributed by atoms with Crippen molar-refractivity contribution in [2.45, 2.75) is 25.8 Å². The Labute approximate surface area is 174 Å². The summed E-state index contributed by atoms with van der Waals surface area (Å²) >= 11 is 0. The third kappa shape index (κ3) is 5.60. The van der Waals surface area contributed by atoms with Crippen LogP contribution in [0.2, 0.25) is 0 Å². The Morgan fingerprint density at radius 1 is 1.00 bits per heavy atom. The molecule has 2 heterocycles. The molecule has 1 atom stereocenters. The summed E-state index contributed by atoms with van der Waals surface area (Å²) in [4.78, 5) is 2.09. The molecule has 1 aliphatic heterocycles. The molecule has 0 amide bonds. The predicted octanol–water partition coefficient (Wildman–Crippen LogP) is 3.73. The fourth-order valence-electron chi connectivity index (χ4n) is 3.37. The molecule has 0 fully saturated rings. The molecule has 4 rings (SSSR count). The Hall–Kier alpha value is -2.87. The zero-order valence-electron chi connectivity index (χ0n) is 16.5. The van der Waals surface area contributed by atoms with E-state index in [1.54, 1.807) is 24.5 Å². The van der Waals surface area contributed by atoms with Crippen LogP contribution < -0.4 is 9.47 Å². The monoisotopic (exact) mass is 413 g/mol. The second-order valence-electron chi connectivity index (χ2n) is 7.23. The molecule has 1 N–H and O–H groups in total. The highest BCUT2D eigenvalue weighted by Gasteiger charge is 2.17. The molecule has 1 aromatic heterocycles. The van der Waals surface area contributed by atoms with Crippen molar-refractivity contribution >= 4 is 0 Å². The van der Waals surface area contributed by atoms with Gasteiger partial charge in [0.25, 0.3) is 0 Å². The summed E-state index contributed by atoms with van der Waals surface area (Å²) in [5, 5.41) is 10.5. The minimum Gasteiger partial charge on any atom is -0.467 e. The lowest BCUT2D eigenvalue weighted by Gasteiger charge is -2.25. The van der Waals surface area contributed by atoms with Crippen LogP contribution in [-0.2, 0) is 24.4 Å². The van der Waals surface area contributed by atoms with Gasteiger partial charge in [0, 0.05) is 19.6 Å². The maximum Gasteiger partial charge on any atom is 0.231 e. The topological polar surface area (TPSA) is 64.3 Å². The molecule has 0 saturated heterocycles. The normalized spacial score (nSPS) is 13.7. The van der Waals surface area contributed by atoms with Crippen LogP contribution in [0.25, 0.3) is 0 Å². The van der Waals surface area contributed by atoms with Crippen molar-refractivity contribution in [1.29, 1.82) is 0 Å². The largest absolute Gasteiger partial charge is 0.467 e. The van der Waals surface area contributed by atoms with Crippen LogP contribution in [0.5, 0.6) is 11.5 Å². The maximum absolute atomic E-state index is 13.3. The zero-order valence-corrected chi connectivity index (χ0v) is 16.5. The van der Waals surface area contributed by atoms with E-state index in [9.17, 15) is 9.50 Å². The van der Waals surface area contributed by atoms with Gasteiger partial charge in [0.1, 0.15) is 18.2 Å². The van der Waals surface area contributed by atoms with Crippen molar-refractivity contribution in [3.8, 4) is 11.5 Å². The number of fused-ring (bicyclic) bond motifs is 1. The lowest BCUT2D eigenvalue weighted by atomic mass is 10.1. The number of rotatable bonds is 10. The van der Waals surface area contributed by atoms with E-state index < -0.39 is 6.10 Å². The Kier molecular flexibility index (Phi) is 6.63. The SMILES string of the molecule is O[C@@H](COCc1ccco1)CN(Cc1ccc(F)cc1)Cc1ccc2c(c1)OCO2. The molecule has 6 nitrogen and oxygen atoms in total. The van der Waals surface area contributed by atoms with Gasteiger partial charge in [-0.25, -0.2) is 4.39 Å². The van der Waals surface area contributed by atoms with Crippen LogP contribution >= 0.6 is 0 Å². The van der Waals surface area contributed by atoms with Gasteiger partial charge in [0.15, 0.2) is 11.5 Å². The van der Waals surface area contributed by atoms with Crippen molar-refractivity contribution in [2.24, 2.45) is 0 Å². The summed E-state index contributed by atoms with van der Waals surface area (Å²) in [7, 11) is 0. The zero-order chi connectivity index (χ0) is 20.8. The van der Waals surface area contributed by atoms with Gasteiger partial charge >= 0.3 is 0 Å².